The number of benzene rings is 4. The van der Waals surface area contributed by atoms with Crippen molar-refractivity contribution in [3.05, 3.63) is 36.4 Å². The van der Waals surface area contributed by atoms with Crippen molar-refractivity contribution >= 4 is 96.2 Å². The molecule has 0 spiro atoms. The number of nitrogens with two attached hydrogens (primary N) is 11. The minimum atomic E-state index is -4.44. The Morgan fingerprint density at radius 1 is 0.702 bits per heavy atom. The fraction of sp³-hybridized carbons (Fsp3) is 0.0435. The van der Waals surface area contributed by atoms with Crippen LogP contribution >= 0.6 is 24.1 Å². The van der Waals surface area contributed by atoms with Gasteiger partial charge in [-0.3, -0.25) is 4.55 Å². The molecule has 28 N–H and O–H groups in total. The van der Waals surface area contributed by atoms with Crippen LogP contribution in [0.4, 0.5) is 51.2 Å². The normalized spacial score (nSPS) is 10.1. The Morgan fingerprint density at radius 2 is 1.28 bits per heavy atom. The average Bonchev–Trinajstić information content (AvgIpc) is 3.04. The molecule has 0 unspecified atom stereocenters. The molecule has 0 bridgehead atoms. The van der Waals surface area contributed by atoms with Crippen molar-refractivity contribution in [3.63, 3.8) is 0 Å². The smallest absolute Gasteiger partial charge is 0.296 e. The van der Waals surface area contributed by atoms with E-state index in [2.05, 4.69) is 20.9 Å². The molecule has 0 aliphatic heterocycles. The fourth-order valence-electron chi connectivity index (χ4n) is 3.34. The van der Waals surface area contributed by atoms with Crippen molar-refractivity contribution in [1.29, 1.82) is 0 Å². The van der Waals surface area contributed by atoms with Gasteiger partial charge in [0.1, 0.15) is 10.6 Å². The molecule has 0 saturated heterocycles. The third-order valence-electron chi connectivity index (χ3n) is 5.52. The van der Waals surface area contributed by atoms with E-state index in [0.29, 0.717) is 38.6 Å². The number of rotatable bonds is 5. The molecule has 0 aliphatic carbocycles. The van der Waals surface area contributed by atoms with Gasteiger partial charge in [0, 0.05) is 23.4 Å². The molecular weight excluding hydrogens is 687 g/mol. The van der Waals surface area contributed by atoms with Crippen LogP contribution in [0.5, 0.6) is 11.5 Å². The molecule has 4 aromatic carbocycles. The molecule has 0 aromatic heterocycles. The van der Waals surface area contributed by atoms with Crippen LogP contribution in [0.2, 0.25) is 0 Å². The summed E-state index contributed by atoms with van der Waals surface area (Å²) in [5.74, 6) is 3.05. The lowest BCUT2D eigenvalue weighted by atomic mass is 10.0. The summed E-state index contributed by atoms with van der Waals surface area (Å²) < 4.78 is 43.2. The van der Waals surface area contributed by atoms with Gasteiger partial charge in [-0.1, -0.05) is 0 Å². The molecule has 4 rings (SSSR count). The Hall–Kier alpha value is -4.73. The molecule has 24 heteroatoms. The SMILES string of the molecule is CN.NO.Nc1c(SO)cc2cc(OO)c(N)c(O)c2c1N.Nc1cc(S(=O)(=O)O)c(N)c(N)c1N.Nc1ccc(SOO)c(N)c1. The maximum Gasteiger partial charge on any atom is 0.296 e. The number of phenolic OH excluding ortho intramolecular Hbond substituents is 1. The minimum absolute atomic E-state index is 0.00472. The molecule has 0 heterocycles. The van der Waals surface area contributed by atoms with E-state index in [9.17, 15) is 13.5 Å². The van der Waals surface area contributed by atoms with Crippen molar-refractivity contribution < 1.29 is 47.6 Å². The summed E-state index contributed by atoms with van der Waals surface area (Å²) in [6.45, 7) is 0. The fourth-order valence-corrected chi connectivity index (χ4v) is 4.75. The lowest BCUT2D eigenvalue weighted by molar-refractivity contribution is -0.136. The van der Waals surface area contributed by atoms with Crippen LogP contribution in [-0.4, -0.2) is 45.4 Å². The van der Waals surface area contributed by atoms with Gasteiger partial charge in [-0.2, -0.15) is 12.8 Å². The first-order chi connectivity index (χ1) is 22.0. The van der Waals surface area contributed by atoms with Gasteiger partial charge in [-0.25, -0.2) is 16.4 Å². The zero-order valence-corrected chi connectivity index (χ0v) is 26.8. The van der Waals surface area contributed by atoms with Crippen LogP contribution in [0.25, 0.3) is 10.8 Å². The number of phenols is 1. The van der Waals surface area contributed by atoms with Crippen molar-refractivity contribution in [2.45, 2.75) is 14.7 Å². The van der Waals surface area contributed by atoms with Crippen LogP contribution < -0.4 is 68.1 Å². The van der Waals surface area contributed by atoms with Crippen molar-refractivity contribution in [2.24, 2.45) is 11.6 Å². The van der Waals surface area contributed by atoms with Crippen LogP contribution in [0.3, 0.4) is 0 Å². The molecule has 0 amide bonds. The van der Waals surface area contributed by atoms with E-state index in [0.717, 1.165) is 18.1 Å². The van der Waals surface area contributed by atoms with E-state index in [4.69, 9.17) is 76.4 Å². The second kappa shape index (κ2) is 19.1. The maximum atomic E-state index is 10.8. The first-order valence-corrected chi connectivity index (χ1v) is 14.9. The monoisotopic (exact) mass is 723 g/mol. The van der Waals surface area contributed by atoms with E-state index >= 15 is 0 Å². The predicted octanol–water partition coefficient (Wildman–Crippen LogP) is 1.23. The van der Waals surface area contributed by atoms with Gasteiger partial charge in [0.15, 0.2) is 11.5 Å². The summed E-state index contributed by atoms with van der Waals surface area (Å²) >= 11 is 1.21. The van der Waals surface area contributed by atoms with Gasteiger partial charge in [0.2, 0.25) is 0 Å². The van der Waals surface area contributed by atoms with Gasteiger partial charge >= 0.3 is 0 Å². The highest BCUT2D eigenvalue weighted by Gasteiger charge is 2.19. The Bertz CT molecular complexity index is 1720. The third kappa shape index (κ3) is 10.7. The standard InChI is InChI=1S/C10H11N3O4S.C6H10N4O3S.C6H8N2O2S.CH5N.H3NO/c11-7-4(17-15)1-3-2-5(18-16)8(12)9(13)6(3)10(7)14;7-2-1-3(14(11,12)13)5(9)6(10)4(2)8;7-4-1-2-6(11-10-9)5(8)3-4;2*1-2/h1-2,14-16H,11-13H2;1H,7-10H2,(H,11,12,13);1-3,9H,7-8H2;2H2,1H3;2H,1H2. The van der Waals surface area contributed by atoms with Crippen LogP contribution in [0.15, 0.2) is 51.1 Å². The number of aromatic hydroxyl groups is 1. The topological polar surface area (TPSA) is 460 Å². The lowest BCUT2D eigenvalue weighted by Crippen LogP contribution is -2.10. The highest BCUT2D eigenvalue weighted by Crippen LogP contribution is 2.45. The molecular formula is C23H37N11O10S3. The van der Waals surface area contributed by atoms with Gasteiger partial charge in [-0.05, 0) is 48.8 Å². The Morgan fingerprint density at radius 3 is 1.74 bits per heavy atom. The first kappa shape index (κ1) is 42.3. The molecule has 0 fully saturated rings. The summed E-state index contributed by atoms with van der Waals surface area (Å²) in [4.78, 5) is 4.48. The minimum Gasteiger partial charge on any atom is -0.505 e. The predicted molar refractivity (Wildman–Crippen MR) is 185 cm³/mol. The molecule has 0 atom stereocenters. The number of hydrogen-bond donors (Lipinski definition) is 17. The van der Waals surface area contributed by atoms with Gasteiger partial charge in [0.05, 0.1) is 61.3 Å². The number of hydrogen-bond acceptors (Lipinski definition) is 22. The number of nitrogen functional groups attached to an aromatic ring is 9. The van der Waals surface area contributed by atoms with Crippen LogP contribution in [-0.2, 0) is 14.5 Å². The van der Waals surface area contributed by atoms with Crippen LogP contribution in [0.1, 0.15) is 0 Å². The van der Waals surface area contributed by atoms with E-state index in [1.54, 1.807) is 18.2 Å². The second-order valence-electron chi connectivity index (χ2n) is 8.25. The summed E-state index contributed by atoms with van der Waals surface area (Å²) in [5, 5.41) is 33.8. The van der Waals surface area contributed by atoms with Gasteiger partial charge < -0.3 is 77.1 Å². The zero-order valence-electron chi connectivity index (χ0n) is 24.4. The highest BCUT2D eigenvalue weighted by molar-refractivity contribution is 7.94. The van der Waals surface area contributed by atoms with Gasteiger partial charge in [-0.15, -0.1) is 0 Å². The zero-order chi connectivity index (χ0) is 36.8. The molecule has 21 nitrogen and oxygen atoms in total. The summed E-state index contributed by atoms with van der Waals surface area (Å²) in [6.07, 6.45) is 0. The number of anilines is 9. The van der Waals surface area contributed by atoms with E-state index in [1.807, 2.05) is 0 Å². The lowest BCUT2D eigenvalue weighted by Gasteiger charge is -2.13. The van der Waals surface area contributed by atoms with Gasteiger partial charge in [0.25, 0.3) is 10.1 Å². The van der Waals surface area contributed by atoms with Crippen molar-refractivity contribution in [3.8, 4) is 11.5 Å². The van der Waals surface area contributed by atoms with Crippen molar-refractivity contribution in [2.75, 3.05) is 58.7 Å². The quantitative estimate of drug-likeness (QED) is 0.0343. The Labute approximate surface area is 276 Å². The largest absolute Gasteiger partial charge is 0.505 e. The Balaban J connectivity index is 0.000000658. The third-order valence-corrected chi connectivity index (χ3v) is 7.58. The molecule has 4 aromatic rings. The summed E-state index contributed by atoms with van der Waals surface area (Å²) in [7, 11) is -2.94. The maximum absolute atomic E-state index is 10.8. The first-order valence-electron chi connectivity index (χ1n) is 11.9. The molecule has 47 heavy (non-hydrogen) atoms. The second-order valence-corrected chi connectivity index (χ2v) is 11.0. The van der Waals surface area contributed by atoms with E-state index < -0.39 is 15.0 Å². The summed E-state index contributed by atoms with van der Waals surface area (Å²) in [6, 6.07) is 8.77. The van der Waals surface area contributed by atoms with E-state index in [1.165, 1.54) is 19.2 Å². The summed E-state index contributed by atoms with van der Waals surface area (Å²) in [5.41, 5.74) is 54.6. The molecule has 262 valence electrons. The molecule has 0 saturated carbocycles. The highest BCUT2D eigenvalue weighted by atomic mass is 32.2. The van der Waals surface area contributed by atoms with Crippen LogP contribution in [0, 0.1) is 0 Å². The average molecular weight is 724 g/mol. The molecule has 0 radical (unpaired) electrons. The molecule has 0 aliphatic rings. The van der Waals surface area contributed by atoms with E-state index in [-0.39, 0.29) is 56.7 Å². The Kier molecular flexibility index (Phi) is 17.1. The van der Waals surface area contributed by atoms with Crippen molar-refractivity contribution in [1.82, 2.24) is 0 Å². The number of fused-ring (bicyclic) bond motifs is 1.